The second-order valence-electron chi connectivity index (χ2n) is 6.39. The highest BCUT2D eigenvalue weighted by Gasteiger charge is 2.21. The van der Waals surface area contributed by atoms with Gasteiger partial charge in [-0.1, -0.05) is 6.07 Å². The number of benzene rings is 1. The molecule has 0 atom stereocenters. The van der Waals surface area contributed by atoms with Crippen molar-refractivity contribution >= 4 is 5.96 Å². The van der Waals surface area contributed by atoms with Crippen LogP contribution in [0.5, 0.6) is 0 Å². The summed E-state index contributed by atoms with van der Waals surface area (Å²) in [5, 5.41) is 12.5. The van der Waals surface area contributed by atoms with Gasteiger partial charge in [0.15, 0.2) is 5.96 Å². The van der Waals surface area contributed by atoms with Crippen molar-refractivity contribution in [2.24, 2.45) is 4.99 Å². The van der Waals surface area contributed by atoms with E-state index >= 15 is 0 Å². The molecule has 6 nitrogen and oxygen atoms in total. The molecule has 1 aromatic carbocycles. The minimum absolute atomic E-state index is 0.297. The lowest BCUT2D eigenvalue weighted by molar-refractivity contribution is 0.00989. The van der Waals surface area contributed by atoms with Crippen molar-refractivity contribution in [2.45, 2.75) is 38.5 Å². The number of rotatable bonds is 8. The van der Waals surface area contributed by atoms with Gasteiger partial charge in [-0.15, -0.1) is 0 Å². The summed E-state index contributed by atoms with van der Waals surface area (Å²) in [6.45, 7) is 3.49. The van der Waals surface area contributed by atoms with Crippen LogP contribution in [0.1, 0.15) is 30.4 Å². The summed E-state index contributed by atoms with van der Waals surface area (Å²) in [4.78, 5) is 6.56. The summed E-state index contributed by atoms with van der Waals surface area (Å²) in [6.07, 6.45) is 3.16. The van der Waals surface area contributed by atoms with E-state index in [1.54, 1.807) is 26.3 Å². The number of aliphatic imine (C=N–C) groups is 1. The molecule has 1 aliphatic heterocycles. The third-order valence-electron chi connectivity index (χ3n) is 4.53. The van der Waals surface area contributed by atoms with E-state index in [0.29, 0.717) is 18.2 Å². The van der Waals surface area contributed by atoms with Crippen molar-refractivity contribution in [3.8, 4) is 0 Å². The molecule has 0 saturated carbocycles. The molecular weight excluding hydrogens is 337 g/mol. The molecule has 0 unspecified atom stereocenters. The van der Waals surface area contributed by atoms with Crippen LogP contribution in [0.15, 0.2) is 23.2 Å². The summed E-state index contributed by atoms with van der Waals surface area (Å²) < 4.78 is 24.4. The van der Waals surface area contributed by atoms with Crippen LogP contribution in [0.4, 0.5) is 4.39 Å². The molecule has 1 saturated heterocycles. The molecule has 0 aromatic heterocycles. The van der Waals surface area contributed by atoms with E-state index in [9.17, 15) is 9.50 Å². The molecule has 0 bridgehead atoms. The first-order valence-corrected chi connectivity index (χ1v) is 9.12. The lowest BCUT2D eigenvalue weighted by Gasteiger charge is -2.34. The van der Waals surface area contributed by atoms with Crippen LogP contribution in [-0.4, -0.2) is 62.5 Å². The number of methoxy groups -OCH3 is 1. The van der Waals surface area contributed by atoms with E-state index in [2.05, 4.69) is 15.2 Å². The predicted octanol–water partition coefficient (Wildman–Crippen LogP) is 1.91. The molecule has 1 aliphatic rings. The Morgan fingerprint density at radius 1 is 1.35 bits per heavy atom. The number of halogens is 1. The van der Waals surface area contributed by atoms with Gasteiger partial charge in [-0.3, -0.25) is 4.99 Å². The van der Waals surface area contributed by atoms with Gasteiger partial charge in [0.05, 0.1) is 12.7 Å². The van der Waals surface area contributed by atoms with Gasteiger partial charge in [-0.05, 0) is 37.0 Å². The quantitative estimate of drug-likeness (QED) is 0.417. The SMILES string of the molecule is CN=C(NCc1ccc(F)c(CO)c1)N1CCC(OCCCOC)CC1. The van der Waals surface area contributed by atoms with Gasteiger partial charge in [0, 0.05) is 52.6 Å². The first kappa shape index (κ1) is 20.6. The average Bonchev–Trinajstić information content (AvgIpc) is 2.68. The maximum Gasteiger partial charge on any atom is 0.193 e. The first-order chi connectivity index (χ1) is 12.7. The maximum atomic E-state index is 13.5. The van der Waals surface area contributed by atoms with E-state index in [0.717, 1.165) is 57.1 Å². The van der Waals surface area contributed by atoms with Crippen molar-refractivity contribution in [2.75, 3.05) is 40.5 Å². The van der Waals surface area contributed by atoms with Crippen molar-refractivity contribution in [3.63, 3.8) is 0 Å². The van der Waals surface area contributed by atoms with Crippen LogP contribution in [0.2, 0.25) is 0 Å². The zero-order valence-corrected chi connectivity index (χ0v) is 15.7. The predicted molar refractivity (Wildman–Crippen MR) is 99.6 cm³/mol. The van der Waals surface area contributed by atoms with Gasteiger partial charge < -0.3 is 24.8 Å². The zero-order valence-electron chi connectivity index (χ0n) is 15.7. The number of nitrogens with one attached hydrogen (secondary N) is 1. The van der Waals surface area contributed by atoms with E-state index in [-0.39, 0.29) is 12.4 Å². The Morgan fingerprint density at radius 3 is 2.77 bits per heavy atom. The molecule has 0 amide bonds. The molecule has 0 aliphatic carbocycles. The molecule has 26 heavy (non-hydrogen) atoms. The number of aliphatic hydroxyl groups is 1. The molecule has 1 aromatic rings. The van der Waals surface area contributed by atoms with Crippen LogP contribution in [-0.2, 0) is 22.6 Å². The lowest BCUT2D eigenvalue weighted by atomic mass is 10.1. The Kier molecular flexibility index (Phi) is 8.80. The Balaban J connectivity index is 1.77. The van der Waals surface area contributed by atoms with Crippen molar-refractivity contribution in [1.29, 1.82) is 0 Å². The van der Waals surface area contributed by atoms with E-state index in [1.807, 2.05) is 0 Å². The minimum atomic E-state index is -0.381. The fraction of sp³-hybridized carbons (Fsp3) is 0.632. The van der Waals surface area contributed by atoms with Crippen LogP contribution in [0.25, 0.3) is 0 Å². The minimum Gasteiger partial charge on any atom is -0.392 e. The fourth-order valence-corrected chi connectivity index (χ4v) is 3.06. The number of piperidine rings is 1. The van der Waals surface area contributed by atoms with Crippen molar-refractivity contribution < 1.29 is 19.0 Å². The Labute approximate surface area is 155 Å². The van der Waals surface area contributed by atoms with Crippen LogP contribution < -0.4 is 5.32 Å². The summed E-state index contributed by atoms with van der Waals surface area (Å²) in [5.41, 5.74) is 1.22. The van der Waals surface area contributed by atoms with E-state index in [4.69, 9.17) is 9.47 Å². The summed E-state index contributed by atoms with van der Waals surface area (Å²) in [6, 6.07) is 4.78. The summed E-state index contributed by atoms with van der Waals surface area (Å²) >= 11 is 0. The maximum absolute atomic E-state index is 13.5. The molecule has 0 radical (unpaired) electrons. The number of hydrogen-bond acceptors (Lipinski definition) is 4. The topological polar surface area (TPSA) is 66.3 Å². The molecule has 2 rings (SSSR count). The number of nitrogens with zero attached hydrogens (tertiary/aromatic N) is 2. The second-order valence-corrected chi connectivity index (χ2v) is 6.39. The first-order valence-electron chi connectivity index (χ1n) is 9.12. The highest BCUT2D eigenvalue weighted by atomic mass is 19.1. The fourth-order valence-electron chi connectivity index (χ4n) is 3.06. The molecule has 1 heterocycles. The second kappa shape index (κ2) is 11.1. The number of aliphatic hydroxyl groups excluding tert-OH is 1. The number of ether oxygens (including phenoxy) is 2. The number of likely N-dealkylation sites (tertiary alicyclic amines) is 1. The third-order valence-corrected chi connectivity index (χ3v) is 4.53. The van der Waals surface area contributed by atoms with Gasteiger partial charge in [-0.2, -0.15) is 0 Å². The largest absolute Gasteiger partial charge is 0.392 e. The summed E-state index contributed by atoms with van der Waals surface area (Å²) in [7, 11) is 3.47. The molecule has 1 fully saturated rings. The molecule has 7 heteroatoms. The van der Waals surface area contributed by atoms with Crippen molar-refractivity contribution in [1.82, 2.24) is 10.2 Å². The normalized spacial score (nSPS) is 16.2. The summed E-state index contributed by atoms with van der Waals surface area (Å²) in [5.74, 6) is 0.450. The van der Waals surface area contributed by atoms with Crippen LogP contribution in [0.3, 0.4) is 0 Å². The number of hydrogen-bond donors (Lipinski definition) is 2. The van der Waals surface area contributed by atoms with Crippen molar-refractivity contribution in [3.05, 3.63) is 35.1 Å². The van der Waals surface area contributed by atoms with E-state index in [1.165, 1.54) is 6.07 Å². The Morgan fingerprint density at radius 2 is 2.12 bits per heavy atom. The zero-order chi connectivity index (χ0) is 18.8. The van der Waals surface area contributed by atoms with Gasteiger partial charge in [0.2, 0.25) is 0 Å². The van der Waals surface area contributed by atoms with Gasteiger partial charge in [0.25, 0.3) is 0 Å². The van der Waals surface area contributed by atoms with E-state index < -0.39 is 0 Å². The van der Waals surface area contributed by atoms with Gasteiger partial charge in [0.1, 0.15) is 5.82 Å². The molecule has 2 N–H and O–H groups in total. The standard InChI is InChI=1S/C19H30FN3O3/c1-21-19(22-13-15-4-5-18(20)16(12-15)14-24)23-8-6-17(7-9-23)26-11-3-10-25-2/h4-5,12,17,24H,3,6-11,13-14H2,1-2H3,(H,21,22). The average molecular weight is 367 g/mol. The number of guanidine groups is 1. The Bertz CT molecular complexity index is 575. The monoisotopic (exact) mass is 367 g/mol. The van der Waals surface area contributed by atoms with Gasteiger partial charge >= 0.3 is 0 Å². The van der Waals surface area contributed by atoms with Crippen LogP contribution in [0, 0.1) is 5.82 Å². The van der Waals surface area contributed by atoms with Gasteiger partial charge in [-0.25, -0.2) is 4.39 Å². The van der Waals surface area contributed by atoms with Crippen LogP contribution >= 0.6 is 0 Å². The smallest absolute Gasteiger partial charge is 0.193 e. The third kappa shape index (κ3) is 6.23. The highest BCUT2D eigenvalue weighted by Crippen LogP contribution is 2.15. The molecule has 146 valence electrons. The highest BCUT2D eigenvalue weighted by molar-refractivity contribution is 5.79. The Hall–Kier alpha value is -1.70. The lowest BCUT2D eigenvalue weighted by Crippen LogP contribution is -2.46. The molecule has 0 spiro atoms. The molecular formula is C19H30FN3O3.